The van der Waals surface area contributed by atoms with E-state index in [-0.39, 0.29) is 5.41 Å². The first kappa shape index (κ1) is 31.9. The van der Waals surface area contributed by atoms with E-state index < -0.39 is 20.2 Å². The van der Waals surface area contributed by atoms with Gasteiger partial charge < -0.3 is 4.74 Å². The molecule has 0 radical (unpaired) electrons. The average Bonchev–Trinajstić information content (AvgIpc) is 2.47. The number of hydrogen-bond acceptors (Lipinski definition) is 3. The van der Waals surface area contributed by atoms with E-state index in [4.69, 9.17) is 4.74 Å². The SMILES string of the molecule is CC(C)(C)C.CC(C)(C)C.CC(C)(C)CCCOc1ccc(S(=O)(=O)C(F)(F)F)cc1. The highest BCUT2D eigenvalue weighted by atomic mass is 32.2. The van der Waals surface area contributed by atoms with Crippen molar-refractivity contribution >= 4 is 9.84 Å². The molecule has 0 aliphatic heterocycles. The Morgan fingerprint density at radius 3 is 1.39 bits per heavy atom. The zero-order valence-electron chi connectivity index (χ0n) is 21.2. The van der Waals surface area contributed by atoms with E-state index >= 15 is 0 Å². The van der Waals surface area contributed by atoms with Gasteiger partial charge in [0.1, 0.15) is 5.75 Å². The molecular weight excluding hydrogens is 425 g/mol. The lowest BCUT2D eigenvalue weighted by atomic mass is 9.91. The first-order valence-electron chi connectivity index (χ1n) is 10.5. The minimum absolute atomic E-state index is 0.188. The summed E-state index contributed by atoms with van der Waals surface area (Å²) < 4.78 is 64.8. The molecule has 31 heavy (non-hydrogen) atoms. The Morgan fingerprint density at radius 1 is 0.742 bits per heavy atom. The van der Waals surface area contributed by atoms with Crippen LogP contribution in [0.5, 0.6) is 5.75 Å². The maximum absolute atomic E-state index is 12.4. The van der Waals surface area contributed by atoms with E-state index in [1.165, 1.54) is 12.1 Å². The summed E-state index contributed by atoms with van der Waals surface area (Å²) in [6.07, 6.45) is 1.76. The Balaban J connectivity index is 0. The lowest BCUT2D eigenvalue weighted by molar-refractivity contribution is -0.0436. The number of benzene rings is 1. The third kappa shape index (κ3) is 20.4. The van der Waals surface area contributed by atoms with Gasteiger partial charge in [0.05, 0.1) is 11.5 Å². The molecule has 0 spiro atoms. The third-order valence-corrected chi connectivity index (χ3v) is 4.28. The molecular formula is C24H43F3O3S. The first-order valence-corrected chi connectivity index (χ1v) is 12.0. The second-order valence-electron chi connectivity index (χ2n) is 11.9. The Kier molecular flexibility index (Phi) is 12.5. The molecule has 0 bridgehead atoms. The number of ether oxygens (including phenoxy) is 1. The van der Waals surface area contributed by atoms with Gasteiger partial charge in [-0.3, -0.25) is 0 Å². The van der Waals surface area contributed by atoms with Crippen LogP contribution in [0.3, 0.4) is 0 Å². The number of halogens is 3. The van der Waals surface area contributed by atoms with Gasteiger partial charge in [0.15, 0.2) is 0 Å². The van der Waals surface area contributed by atoms with Crippen LogP contribution in [0.2, 0.25) is 0 Å². The van der Waals surface area contributed by atoms with E-state index in [1.807, 2.05) is 0 Å². The summed E-state index contributed by atoms with van der Waals surface area (Å²) in [4.78, 5) is -0.781. The van der Waals surface area contributed by atoms with Gasteiger partial charge in [-0.1, -0.05) is 76.2 Å². The molecule has 0 aliphatic rings. The van der Waals surface area contributed by atoms with Crippen molar-refractivity contribution in [1.29, 1.82) is 0 Å². The predicted molar refractivity (Wildman–Crippen MR) is 124 cm³/mol. The summed E-state index contributed by atoms with van der Waals surface area (Å²) in [5, 5.41) is 0. The molecule has 0 amide bonds. The fraction of sp³-hybridized carbons (Fsp3) is 0.750. The van der Waals surface area contributed by atoms with Crippen LogP contribution < -0.4 is 4.74 Å². The molecule has 1 rings (SSSR count). The molecule has 3 nitrogen and oxygen atoms in total. The van der Waals surface area contributed by atoms with E-state index in [0.29, 0.717) is 23.2 Å². The Labute approximate surface area is 188 Å². The highest BCUT2D eigenvalue weighted by molar-refractivity contribution is 7.92. The number of alkyl halides is 3. The van der Waals surface area contributed by atoms with Crippen LogP contribution in [0.4, 0.5) is 13.2 Å². The summed E-state index contributed by atoms with van der Waals surface area (Å²) in [7, 11) is -5.29. The lowest BCUT2D eigenvalue weighted by Gasteiger charge is -2.17. The normalized spacial score (nSPS) is 12.8. The fourth-order valence-corrected chi connectivity index (χ4v) is 2.40. The molecule has 0 aromatic heterocycles. The van der Waals surface area contributed by atoms with Crippen LogP contribution in [0, 0.1) is 16.2 Å². The zero-order valence-corrected chi connectivity index (χ0v) is 22.0. The van der Waals surface area contributed by atoms with Crippen LogP contribution in [0.25, 0.3) is 0 Å². The monoisotopic (exact) mass is 468 g/mol. The highest BCUT2D eigenvalue weighted by Crippen LogP contribution is 2.31. The fourth-order valence-electron chi connectivity index (χ4n) is 1.64. The van der Waals surface area contributed by atoms with Crippen molar-refractivity contribution in [3.63, 3.8) is 0 Å². The summed E-state index contributed by atoms with van der Waals surface area (Å²) in [6.45, 7) is 24.2. The summed E-state index contributed by atoms with van der Waals surface area (Å²) in [5.41, 5.74) is -4.10. The number of rotatable bonds is 5. The largest absolute Gasteiger partial charge is 0.501 e. The third-order valence-electron chi connectivity index (χ3n) is 2.78. The van der Waals surface area contributed by atoms with Gasteiger partial charge in [0.2, 0.25) is 0 Å². The summed E-state index contributed by atoms with van der Waals surface area (Å²) in [6, 6.07) is 4.27. The molecule has 0 unspecified atom stereocenters. The average molecular weight is 469 g/mol. The summed E-state index contributed by atoms with van der Waals surface area (Å²) in [5.74, 6) is 0.352. The van der Waals surface area contributed by atoms with Gasteiger partial charge in [-0.2, -0.15) is 13.2 Å². The van der Waals surface area contributed by atoms with Crippen LogP contribution >= 0.6 is 0 Å². The molecule has 0 atom stereocenters. The molecule has 1 aromatic carbocycles. The maximum atomic E-state index is 12.4. The van der Waals surface area contributed by atoms with Crippen molar-refractivity contribution in [3.05, 3.63) is 24.3 Å². The van der Waals surface area contributed by atoms with Gasteiger partial charge in [-0.25, -0.2) is 8.42 Å². The minimum Gasteiger partial charge on any atom is -0.494 e. The van der Waals surface area contributed by atoms with Crippen molar-refractivity contribution < 1.29 is 26.3 Å². The number of sulfone groups is 1. The van der Waals surface area contributed by atoms with Gasteiger partial charge in [0, 0.05) is 0 Å². The van der Waals surface area contributed by atoms with Crippen molar-refractivity contribution in [1.82, 2.24) is 0 Å². The van der Waals surface area contributed by atoms with Gasteiger partial charge in [-0.05, 0) is 53.4 Å². The molecule has 0 N–H and O–H groups in total. The maximum Gasteiger partial charge on any atom is 0.501 e. The Bertz CT molecular complexity index is 692. The highest BCUT2D eigenvalue weighted by Gasteiger charge is 2.46. The molecule has 0 saturated heterocycles. The molecule has 0 fully saturated rings. The molecule has 7 heteroatoms. The van der Waals surface area contributed by atoms with E-state index in [0.717, 1.165) is 25.0 Å². The van der Waals surface area contributed by atoms with E-state index in [9.17, 15) is 21.6 Å². The standard InChI is InChI=1S/C14H19F3O3S.2C5H12/c1-13(2,3)9-4-10-20-11-5-7-12(8-6-11)21(18,19)14(15,16)17;2*1-5(2,3)4/h5-8H,4,9-10H2,1-3H3;2*1-4H3. The van der Waals surface area contributed by atoms with Gasteiger partial charge in [-0.15, -0.1) is 0 Å². The Hall–Kier alpha value is -1.24. The van der Waals surface area contributed by atoms with E-state index in [1.54, 1.807) is 0 Å². The molecule has 0 saturated carbocycles. The predicted octanol–water partition coefficient (Wildman–Crippen LogP) is 8.29. The van der Waals surface area contributed by atoms with Crippen LogP contribution in [-0.2, 0) is 9.84 Å². The lowest BCUT2D eigenvalue weighted by Crippen LogP contribution is -2.23. The smallest absolute Gasteiger partial charge is 0.494 e. The second kappa shape index (κ2) is 12.1. The summed E-state index contributed by atoms with van der Waals surface area (Å²) >= 11 is 0. The van der Waals surface area contributed by atoms with Crippen molar-refractivity contribution in [2.24, 2.45) is 16.2 Å². The van der Waals surface area contributed by atoms with Crippen LogP contribution in [0.1, 0.15) is 89.0 Å². The van der Waals surface area contributed by atoms with Crippen LogP contribution in [0.15, 0.2) is 29.2 Å². The molecule has 184 valence electrons. The topological polar surface area (TPSA) is 43.4 Å². The van der Waals surface area contributed by atoms with Crippen molar-refractivity contribution in [3.8, 4) is 5.75 Å². The quantitative estimate of drug-likeness (QED) is 0.408. The van der Waals surface area contributed by atoms with Gasteiger partial charge in [0.25, 0.3) is 9.84 Å². The molecule has 0 aliphatic carbocycles. The zero-order chi connectivity index (χ0) is 25.3. The Morgan fingerprint density at radius 2 is 1.10 bits per heavy atom. The molecule has 1 aromatic rings. The van der Waals surface area contributed by atoms with Crippen molar-refractivity contribution in [2.45, 2.75) is 99.4 Å². The minimum atomic E-state index is -5.29. The first-order chi connectivity index (χ1) is 13.4. The van der Waals surface area contributed by atoms with Gasteiger partial charge >= 0.3 is 5.51 Å². The number of hydrogen-bond donors (Lipinski definition) is 0. The van der Waals surface area contributed by atoms with Crippen molar-refractivity contribution in [2.75, 3.05) is 6.61 Å². The molecule has 0 heterocycles. The second-order valence-corrected chi connectivity index (χ2v) is 13.9. The van der Waals surface area contributed by atoms with Crippen LogP contribution in [-0.4, -0.2) is 20.5 Å². The van der Waals surface area contributed by atoms with E-state index in [2.05, 4.69) is 76.2 Å².